The maximum absolute atomic E-state index is 13.1. The van der Waals surface area contributed by atoms with Crippen LogP contribution in [0.5, 0.6) is 0 Å². The van der Waals surface area contributed by atoms with Gasteiger partial charge in [0, 0.05) is 35.1 Å². The van der Waals surface area contributed by atoms with E-state index >= 15 is 0 Å². The monoisotopic (exact) mass is 436 g/mol. The van der Waals surface area contributed by atoms with Crippen LogP contribution in [0.3, 0.4) is 0 Å². The van der Waals surface area contributed by atoms with Gasteiger partial charge in [0.05, 0.1) is 10.0 Å². The molecule has 0 radical (unpaired) electrons. The van der Waals surface area contributed by atoms with Crippen molar-refractivity contribution in [3.8, 4) is 34.8 Å². The molecule has 154 valence electrons. The van der Waals surface area contributed by atoms with Gasteiger partial charge in [-0.25, -0.2) is 0 Å². The SMILES string of the molecule is CC(C)CCC#Cc1cc2c(cc1Cl)-c1cc(Cl)c(C#CCCC(C)C)cc1C2=O. The van der Waals surface area contributed by atoms with E-state index in [9.17, 15) is 4.79 Å². The molecule has 0 spiro atoms. The number of halogens is 2. The fourth-order valence-corrected chi connectivity index (χ4v) is 3.76. The minimum atomic E-state index is -0.0243. The van der Waals surface area contributed by atoms with E-state index in [0.717, 1.165) is 36.8 Å². The smallest absolute Gasteiger partial charge is 0.194 e. The van der Waals surface area contributed by atoms with E-state index in [-0.39, 0.29) is 5.78 Å². The molecule has 3 rings (SSSR count). The van der Waals surface area contributed by atoms with Crippen LogP contribution in [0.15, 0.2) is 24.3 Å². The summed E-state index contributed by atoms with van der Waals surface area (Å²) in [6.45, 7) is 8.70. The molecule has 30 heavy (non-hydrogen) atoms. The first kappa shape index (κ1) is 22.5. The molecular weight excluding hydrogens is 411 g/mol. The summed E-state index contributed by atoms with van der Waals surface area (Å²) >= 11 is 13.0. The average molecular weight is 437 g/mol. The quantitative estimate of drug-likeness (QED) is 0.381. The topological polar surface area (TPSA) is 17.1 Å². The summed E-state index contributed by atoms with van der Waals surface area (Å²) in [7, 11) is 0. The first-order chi connectivity index (χ1) is 14.3. The molecule has 3 heteroatoms. The Morgan fingerprint density at radius 3 is 1.47 bits per heavy atom. The largest absolute Gasteiger partial charge is 0.289 e. The molecule has 0 bridgehead atoms. The lowest BCUT2D eigenvalue weighted by molar-refractivity contribution is 0.104. The van der Waals surface area contributed by atoms with Crippen LogP contribution in [0.1, 0.15) is 80.4 Å². The zero-order valence-electron chi connectivity index (χ0n) is 18.0. The molecule has 0 aromatic heterocycles. The lowest BCUT2D eigenvalue weighted by Crippen LogP contribution is -1.97. The highest BCUT2D eigenvalue weighted by Crippen LogP contribution is 2.41. The zero-order chi connectivity index (χ0) is 21.8. The van der Waals surface area contributed by atoms with Crippen LogP contribution >= 0.6 is 23.2 Å². The van der Waals surface area contributed by atoms with Crippen molar-refractivity contribution in [3.63, 3.8) is 0 Å². The van der Waals surface area contributed by atoms with E-state index in [0.29, 0.717) is 44.1 Å². The van der Waals surface area contributed by atoms with Crippen molar-refractivity contribution in [3.05, 3.63) is 56.6 Å². The third-order valence-electron chi connectivity index (χ3n) is 5.13. The van der Waals surface area contributed by atoms with Crippen LogP contribution < -0.4 is 0 Å². The fraction of sp³-hybridized carbons (Fsp3) is 0.370. The van der Waals surface area contributed by atoms with Gasteiger partial charge in [-0.2, -0.15) is 0 Å². The van der Waals surface area contributed by atoms with Crippen molar-refractivity contribution in [2.75, 3.05) is 0 Å². The number of carbonyl (C=O) groups excluding carboxylic acids is 1. The summed E-state index contributed by atoms with van der Waals surface area (Å²) < 4.78 is 0. The van der Waals surface area contributed by atoms with Gasteiger partial charge in [0.25, 0.3) is 0 Å². The Morgan fingerprint density at radius 2 is 1.10 bits per heavy atom. The Balaban J connectivity index is 1.92. The summed E-state index contributed by atoms with van der Waals surface area (Å²) in [5, 5.41) is 1.11. The third-order valence-corrected chi connectivity index (χ3v) is 5.76. The summed E-state index contributed by atoms with van der Waals surface area (Å²) in [4.78, 5) is 13.1. The normalized spacial score (nSPS) is 11.7. The second kappa shape index (κ2) is 9.75. The van der Waals surface area contributed by atoms with Crippen molar-refractivity contribution in [1.82, 2.24) is 0 Å². The lowest BCUT2D eigenvalue weighted by atomic mass is 10.0. The Morgan fingerprint density at radius 1 is 0.700 bits per heavy atom. The van der Waals surface area contributed by atoms with E-state index in [4.69, 9.17) is 23.2 Å². The predicted molar refractivity (Wildman–Crippen MR) is 127 cm³/mol. The van der Waals surface area contributed by atoms with Crippen molar-refractivity contribution in [1.29, 1.82) is 0 Å². The first-order valence-electron chi connectivity index (χ1n) is 10.5. The number of benzene rings is 2. The Kier molecular flexibility index (Phi) is 7.31. The van der Waals surface area contributed by atoms with E-state index in [2.05, 4.69) is 51.4 Å². The summed E-state index contributed by atoms with van der Waals surface area (Å²) in [5.74, 6) is 13.8. The van der Waals surface area contributed by atoms with Gasteiger partial charge in [0.15, 0.2) is 5.78 Å². The van der Waals surface area contributed by atoms with Gasteiger partial charge in [0.2, 0.25) is 0 Å². The maximum Gasteiger partial charge on any atom is 0.194 e. The van der Waals surface area contributed by atoms with Gasteiger partial charge in [-0.15, -0.1) is 0 Å². The van der Waals surface area contributed by atoms with Gasteiger partial charge in [-0.05, 0) is 60.1 Å². The van der Waals surface area contributed by atoms with Crippen molar-refractivity contribution < 1.29 is 4.79 Å². The number of hydrogen-bond donors (Lipinski definition) is 0. The van der Waals surface area contributed by atoms with E-state index in [1.807, 2.05) is 24.3 Å². The van der Waals surface area contributed by atoms with Crippen molar-refractivity contribution >= 4 is 29.0 Å². The molecule has 0 heterocycles. The highest BCUT2D eigenvalue weighted by Gasteiger charge is 2.29. The van der Waals surface area contributed by atoms with E-state index in [1.54, 1.807) is 0 Å². The number of hydrogen-bond acceptors (Lipinski definition) is 1. The minimum absolute atomic E-state index is 0.0243. The predicted octanol–water partition coefficient (Wildman–Crippen LogP) is 7.78. The van der Waals surface area contributed by atoms with Crippen LogP contribution in [0.4, 0.5) is 0 Å². The number of carbonyl (C=O) groups is 1. The van der Waals surface area contributed by atoms with Gasteiger partial charge in [-0.3, -0.25) is 4.79 Å². The molecule has 1 nitrogen and oxygen atoms in total. The number of ketones is 1. The Labute approximate surface area is 190 Å². The van der Waals surface area contributed by atoms with E-state index in [1.165, 1.54) is 0 Å². The lowest BCUT2D eigenvalue weighted by Gasteiger charge is -2.05. The third kappa shape index (κ3) is 5.10. The molecule has 0 N–H and O–H groups in total. The molecule has 2 aromatic rings. The Hall–Kier alpha value is -2.19. The molecular formula is C27H26Cl2O. The second-order valence-electron chi connectivity index (χ2n) is 8.55. The molecule has 0 saturated heterocycles. The second-order valence-corrected chi connectivity index (χ2v) is 9.37. The number of fused-ring (bicyclic) bond motifs is 3. The Bertz CT molecular complexity index is 1010. The fourth-order valence-electron chi connectivity index (χ4n) is 3.34. The van der Waals surface area contributed by atoms with Gasteiger partial charge in [0.1, 0.15) is 0 Å². The molecule has 1 aliphatic rings. The van der Waals surface area contributed by atoms with Crippen LogP contribution in [0.2, 0.25) is 10.0 Å². The van der Waals surface area contributed by atoms with Gasteiger partial charge < -0.3 is 0 Å². The summed E-state index contributed by atoms with van der Waals surface area (Å²) in [6.07, 6.45) is 3.71. The highest BCUT2D eigenvalue weighted by atomic mass is 35.5. The molecule has 0 amide bonds. The summed E-state index contributed by atoms with van der Waals surface area (Å²) in [5.41, 5.74) is 4.27. The first-order valence-corrected chi connectivity index (χ1v) is 11.2. The zero-order valence-corrected chi connectivity index (χ0v) is 19.5. The van der Waals surface area contributed by atoms with E-state index < -0.39 is 0 Å². The molecule has 2 aromatic carbocycles. The number of rotatable bonds is 4. The molecule has 0 saturated carbocycles. The average Bonchev–Trinajstić information content (AvgIpc) is 2.93. The van der Waals surface area contributed by atoms with Crippen LogP contribution in [-0.4, -0.2) is 5.78 Å². The maximum atomic E-state index is 13.1. The van der Waals surface area contributed by atoms with Crippen LogP contribution in [0.25, 0.3) is 11.1 Å². The summed E-state index contributed by atoms with van der Waals surface area (Å²) in [6, 6.07) is 7.28. The molecule has 0 fully saturated rings. The van der Waals surface area contributed by atoms with Crippen molar-refractivity contribution in [2.24, 2.45) is 11.8 Å². The minimum Gasteiger partial charge on any atom is -0.289 e. The molecule has 1 aliphatic carbocycles. The van der Waals surface area contributed by atoms with Gasteiger partial charge >= 0.3 is 0 Å². The van der Waals surface area contributed by atoms with Crippen LogP contribution in [0, 0.1) is 35.5 Å². The van der Waals surface area contributed by atoms with Crippen molar-refractivity contribution in [2.45, 2.75) is 53.4 Å². The van der Waals surface area contributed by atoms with Crippen LogP contribution in [-0.2, 0) is 0 Å². The van der Waals surface area contributed by atoms with Gasteiger partial charge in [-0.1, -0.05) is 74.6 Å². The molecule has 0 atom stereocenters. The molecule has 0 aliphatic heterocycles. The molecule has 0 unspecified atom stereocenters. The highest BCUT2D eigenvalue weighted by molar-refractivity contribution is 6.34. The standard InChI is InChI=1S/C27H26Cl2O/c1-17(2)9-5-7-11-19-13-23-21(15-25(19)28)22-16-26(29)20(14-24(22)27(23)30)12-8-6-10-18(3)4/h13-18H,5-6,9-10H2,1-4H3.